The van der Waals surface area contributed by atoms with Crippen molar-refractivity contribution in [1.29, 1.82) is 0 Å². The number of nitrogens with zero attached hydrogens (tertiary/aromatic N) is 1. The van der Waals surface area contributed by atoms with Gasteiger partial charge in [0.25, 0.3) is 0 Å². The van der Waals surface area contributed by atoms with Crippen LogP contribution < -0.4 is 4.74 Å². The normalized spacial score (nSPS) is 17.4. The van der Waals surface area contributed by atoms with Gasteiger partial charge in [0.2, 0.25) is 0 Å². The SMILES string of the molecule is CCC(C(=O)O)N1CCOc2ccc(Br)cc2C1. The van der Waals surface area contributed by atoms with Crippen molar-refractivity contribution >= 4 is 21.9 Å². The molecule has 0 aliphatic carbocycles. The molecule has 0 saturated heterocycles. The lowest BCUT2D eigenvalue weighted by atomic mass is 10.1. The fraction of sp³-hybridized carbons (Fsp3) is 0.462. The number of carboxylic acid groups (broad SMARTS) is 1. The Hall–Kier alpha value is -1.07. The summed E-state index contributed by atoms with van der Waals surface area (Å²) in [7, 11) is 0. The zero-order valence-electron chi connectivity index (χ0n) is 10.2. The zero-order chi connectivity index (χ0) is 13.1. The first-order valence-electron chi connectivity index (χ1n) is 6.00. The Morgan fingerprint density at radius 2 is 2.39 bits per heavy atom. The smallest absolute Gasteiger partial charge is 0.320 e. The molecule has 1 aliphatic rings. The van der Waals surface area contributed by atoms with E-state index in [1.165, 1.54) is 0 Å². The number of fused-ring (bicyclic) bond motifs is 1. The van der Waals surface area contributed by atoms with Gasteiger partial charge in [-0.2, -0.15) is 0 Å². The van der Waals surface area contributed by atoms with Crippen LogP contribution in [0.3, 0.4) is 0 Å². The van der Waals surface area contributed by atoms with Gasteiger partial charge < -0.3 is 9.84 Å². The summed E-state index contributed by atoms with van der Waals surface area (Å²) in [4.78, 5) is 13.2. The van der Waals surface area contributed by atoms with Crippen molar-refractivity contribution in [3.8, 4) is 5.75 Å². The molecule has 5 heteroatoms. The van der Waals surface area contributed by atoms with E-state index in [2.05, 4.69) is 15.9 Å². The molecule has 0 spiro atoms. The Kier molecular flexibility index (Phi) is 4.24. The van der Waals surface area contributed by atoms with E-state index >= 15 is 0 Å². The highest BCUT2D eigenvalue weighted by Gasteiger charge is 2.26. The second-order valence-corrected chi connectivity index (χ2v) is 5.25. The Balaban J connectivity index is 2.25. The van der Waals surface area contributed by atoms with Crippen molar-refractivity contribution in [3.63, 3.8) is 0 Å². The number of benzene rings is 1. The number of carboxylic acids is 1. The van der Waals surface area contributed by atoms with Gasteiger partial charge in [-0.3, -0.25) is 9.69 Å². The third-order valence-corrected chi connectivity index (χ3v) is 3.64. The molecular weight excluding hydrogens is 298 g/mol. The lowest BCUT2D eigenvalue weighted by Gasteiger charge is -2.25. The molecule has 0 aromatic heterocycles. The number of hydrogen-bond donors (Lipinski definition) is 1. The number of ether oxygens (including phenoxy) is 1. The predicted molar refractivity (Wildman–Crippen MR) is 71.8 cm³/mol. The van der Waals surface area contributed by atoms with Gasteiger partial charge in [0.1, 0.15) is 18.4 Å². The maximum atomic E-state index is 11.2. The van der Waals surface area contributed by atoms with Crippen molar-refractivity contribution in [2.45, 2.75) is 25.9 Å². The summed E-state index contributed by atoms with van der Waals surface area (Å²) in [5.41, 5.74) is 1.03. The highest BCUT2D eigenvalue weighted by molar-refractivity contribution is 9.10. The van der Waals surface area contributed by atoms with Crippen LogP contribution in [0, 0.1) is 0 Å². The van der Waals surface area contributed by atoms with E-state index in [0.29, 0.717) is 26.1 Å². The van der Waals surface area contributed by atoms with E-state index in [1.54, 1.807) is 0 Å². The second kappa shape index (κ2) is 5.71. The van der Waals surface area contributed by atoms with Gasteiger partial charge in [-0.25, -0.2) is 0 Å². The van der Waals surface area contributed by atoms with Crippen molar-refractivity contribution in [2.24, 2.45) is 0 Å². The molecular formula is C13H16BrNO3. The molecule has 1 heterocycles. The maximum Gasteiger partial charge on any atom is 0.320 e. The Labute approximate surface area is 115 Å². The van der Waals surface area contributed by atoms with Gasteiger partial charge in [-0.15, -0.1) is 0 Å². The number of carbonyl (C=O) groups is 1. The highest BCUT2D eigenvalue weighted by Crippen LogP contribution is 2.27. The van der Waals surface area contributed by atoms with E-state index in [0.717, 1.165) is 15.8 Å². The van der Waals surface area contributed by atoms with Crippen molar-refractivity contribution in [1.82, 2.24) is 4.90 Å². The average molecular weight is 314 g/mol. The Morgan fingerprint density at radius 1 is 1.61 bits per heavy atom. The topological polar surface area (TPSA) is 49.8 Å². The molecule has 1 aliphatic heterocycles. The summed E-state index contributed by atoms with van der Waals surface area (Å²) in [6.45, 7) is 3.67. The van der Waals surface area contributed by atoms with Crippen LogP contribution in [-0.2, 0) is 11.3 Å². The van der Waals surface area contributed by atoms with Gasteiger partial charge in [-0.1, -0.05) is 22.9 Å². The van der Waals surface area contributed by atoms with Crippen LogP contribution in [0.4, 0.5) is 0 Å². The molecule has 1 aromatic carbocycles. The largest absolute Gasteiger partial charge is 0.492 e. The second-order valence-electron chi connectivity index (χ2n) is 4.33. The fourth-order valence-electron chi connectivity index (χ4n) is 2.24. The summed E-state index contributed by atoms with van der Waals surface area (Å²) in [5, 5.41) is 9.23. The summed E-state index contributed by atoms with van der Waals surface area (Å²) in [5.74, 6) is 0.0805. The minimum absolute atomic E-state index is 0.446. The number of rotatable bonds is 3. The van der Waals surface area contributed by atoms with Gasteiger partial charge in [0, 0.05) is 23.1 Å². The predicted octanol–water partition coefficient (Wildman–Crippen LogP) is 2.51. The minimum atomic E-state index is -0.768. The first-order chi connectivity index (χ1) is 8.61. The van der Waals surface area contributed by atoms with Crippen LogP contribution in [0.1, 0.15) is 18.9 Å². The standard InChI is InChI=1S/C13H16BrNO3/c1-2-11(13(16)17)15-5-6-18-12-4-3-10(14)7-9(12)8-15/h3-4,7,11H,2,5-6,8H2,1H3,(H,16,17). The number of aliphatic carboxylic acids is 1. The third kappa shape index (κ3) is 2.84. The highest BCUT2D eigenvalue weighted by atomic mass is 79.9. The van der Waals surface area contributed by atoms with Crippen LogP contribution in [0.5, 0.6) is 5.75 Å². The summed E-state index contributed by atoms with van der Waals surface area (Å²) in [6, 6.07) is 5.40. The Morgan fingerprint density at radius 3 is 3.06 bits per heavy atom. The molecule has 1 unspecified atom stereocenters. The molecule has 2 rings (SSSR count). The molecule has 4 nitrogen and oxygen atoms in total. The van der Waals surface area contributed by atoms with E-state index in [1.807, 2.05) is 30.0 Å². The van der Waals surface area contributed by atoms with E-state index < -0.39 is 12.0 Å². The molecule has 0 fully saturated rings. The lowest BCUT2D eigenvalue weighted by molar-refractivity contribution is -0.143. The Bertz CT molecular complexity index is 450. The van der Waals surface area contributed by atoms with Crippen LogP contribution >= 0.6 is 15.9 Å². The molecule has 0 radical (unpaired) electrons. The fourth-order valence-corrected chi connectivity index (χ4v) is 2.65. The summed E-state index contributed by atoms with van der Waals surface area (Å²) in [6.07, 6.45) is 0.596. The van der Waals surface area contributed by atoms with E-state index in [4.69, 9.17) is 4.74 Å². The van der Waals surface area contributed by atoms with Crippen molar-refractivity contribution in [2.75, 3.05) is 13.2 Å². The average Bonchev–Trinajstić information content (AvgIpc) is 2.51. The molecule has 1 atom stereocenters. The molecule has 18 heavy (non-hydrogen) atoms. The maximum absolute atomic E-state index is 11.2. The van der Waals surface area contributed by atoms with Crippen molar-refractivity contribution in [3.05, 3.63) is 28.2 Å². The number of hydrogen-bond acceptors (Lipinski definition) is 3. The van der Waals surface area contributed by atoms with Crippen LogP contribution in [0.2, 0.25) is 0 Å². The molecule has 1 N–H and O–H groups in total. The molecule has 0 saturated carbocycles. The lowest BCUT2D eigenvalue weighted by Crippen LogP contribution is -2.41. The molecule has 0 bridgehead atoms. The van der Waals surface area contributed by atoms with Gasteiger partial charge in [0.05, 0.1) is 0 Å². The van der Waals surface area contributed by atoms with E-state index in [-0.39, 0.29) is 0 Å². The summed E-state index contributed by atoms with van der Waals surface area (Å²) < 4.78 is 6.63. The van der Waals surface area contributed by atoms with Gasteiger partial charge in [-0.05, 0) is 24.6 Å². The monoisotopic (exact) mass is 313 g/mol. The zero-order valence-corrected chi connectivity index (χ0v) is 11.8. The molecule has 98 valence electrons. The van der Waals surface area contributed by atoms with Crippen LogP contribution in [0.25, 0.3) is 0 Å². The molecule has 0 amide bonds. The van der Waals surface area contributed by atoms with Gasteiger partial charge in [0.15, 0.2) is 0 Å². The van der Waals surface area contributed by atoms with Crippen molar-refractivity contribution < 1.29 is 14.6 Å². The van der Waals surface area contributed by atoms with Crippen LogP contribution in [0.15, 0.2) is 22.7 Å². The van der Waals surface area contributed by atoms with Crippen LogP contribution in [-0.4, -0.2) is 35.2 Å². The minimum Gasteiger partial charge on any atom is -0.492 e. The first kappa shape index (κ1) is 13.4. The quantitative estimate of drug-likeness (QED) is 0.931. The van der Waals surface area contributed by atoms with Gasteiger partial charge >= 0.3 is 5.97 Å². The third-order valence-electron chi connectivity index (χ3n) is 3.14. The summed E-state index contributed by atoms with van der Waals surface area (Å²) >= 11 is 3.43. The first-order valence-corrected chi connectivity index (χ1v) is 6.79. The van der Waals surface area contributed by atoms with E-state index in [9.17, 15) is 9.90 Å². The molecule has 1 aromatic rings. The number of halogens is 1.